The monoisotopic (exact) mass is 422 g/mol. The van der Waals surface area contributed by atoms with Crippen LogP contribution in [0.2, 0.25) is 0 Å². The fourth-order valence-corrected chi connectivity index (χ4v) is 4.67. The molecule has 0 bridgehead atoms. The quantitative estimate of drug-likeness (QED) is 0.612. The summed E-state index contributed by atoms with van der Waals surface area (Å²) in [6.45, 7) is 3.61. The summed E-state index contributed by atoms with van der Waals surface area (Å²) in [6, 6.07) is 13.8. The Balaban J connectivity index is 1.46. The molecule has 0 atom stereocenters. The van der Waals surface area contributed by atoms with Crippen molar-refractivity contribution in [1.29, 1.82) is 0 Å². The van der Waals surface area contributed by atoms with Gasteiger partial charge in [-0.25, -0.2) is 4.79 Å². The van der Waals surface area contributed by atoms with Crippen LogP contribution in [0.3, 0.4) is 0 Å². The van der Waals surface area contributed by atoms with Crippen molar-refractivity contribution in [3.05, 3.63) is 66.0 Å². The van der Waals surface area contributed by atoms with Crippen molar-refractivity contribution < 1.29 is 14.3 Å². The average Bonchev–Trinajstić information content (AvgIpc) is 2.99. The summed E-state index contributed by atoms with van der Waals surface area (Å²) in [4.78, 5) is 36.5. The van der Waals surface area contributed by atoms with E-state index in [1.165, 1.54) is 4.90 Å². The predicted octanol–water partition coefficient (Wildman–Crippen LogP) is 2.57. The van der Waals surface area contributed by atoms with Gasteiger partial charge in [0.05, 0.1) is 6.61 Å². The molecule has 2 aliphatic rings. The highest BCUT2D eigenvalue weighted by Crippen LogP contribution is 2.37. The topological polar surface area (TPSA) is 66.0 Å². The molecular formula is C24H30N4O3. The van der Waals surface area contributed by atoms with E-state index < -0.39 is 5.54 Å². The number of hydrogen-bond acceptors (Lipinski definition) is 5. The minimum atomic E-state index is -0.752. The van der Waals surface area contributed by atoms with Crippen LogP contribution in [-0.2, 0) is 22.5 Å². The molecule has 0 N–H and O–H groups in total. The highest BCUT2D eigenvalue weighted by molar-refractivity contribution is 6.07. The van der Waals surface area contributed by atoms with E-state index in [1.807, 2.05) is 42.6 Å². The molecule has 0 unspecified atom stereocenters. The Hall–Kier alpha value is -2.77. The van der Waals surface area contributed by atoms with Gasteiger partial charge in [0.1, 0.15) is 5.54 Å². The zero-order chi connectivity index (χ0) is 21.7. The van der Waals surface area contributed by atoms with Crippen LogP contribution in [0.25, 0.3) is 0 Å². The normalized spacial score (nSPS) is 18.9. The van der Waals surface area contributed by atoms with Crippen molar-refractivity contribution in [3.8, 4) is 0 Å². The Kier molecular flexibility index (Phi) is 6.63. The summed E-state index contributed by atoms with van der Waals surface area (Å²) in [5.74, 6) is -0.0504. The number of imide groups is 1. The average molecular weight is 423 g/mol. The van der Waals surface area contributed by atoms with Crippen molar-refractivity contribution in [2.45, 2.75) is 31.3 Å². The molecule has 164 valence electrons. The largest absolute Gasteiger partial charge is 0.383 e. The molecule has 2 saturated heterocycles. The maximum Gasteiger partial charge on any atom is 0.327 e. The minimum Gasteiger partial charge on any atom is -0.383 e. The summed E-state index contributed by atoms with van der Waals surface area (Å²) in [5, 5.41) is 0. The summed E-state index contributed by atoms with van der Waals surface area (Å²) in [7, 11) is 1.62. The van der Waals surface area contributed by atoms with Gasteiger partial charge in [0, 0.05) is 52.2 Å². The Bertz CT molecular complexity index is 882. The molecule has 7 heteroatoms. The van der Waals surface area contributed by atoms with E-state index in [9.17, 15) is 9.59 Å². The summed E-state index contributed by atoms with van der Waals surface area (Å²) in [6.07, 6.45) is 5.60. The number of urea groups is 1. The lowest BCUT2D eigenvalue weighted by Crippen LogP contribution is -2.57. The third-order valence-electron chi connectivity index (χ3n) is 6.42. The molecule has 4 rings (SSSR count). The Labute approximate surface area is 183 Å². The standard InChI is InChI=1S/C24H30N4O3/c1-31-17-16-28-23(30)27(13-9-20-6-3-2-4-7-20)22(29)24(28)10-14-26(15-11-24)19-21-8-5-12-25-18-21/h2-8,12,18H,9-11,13-17,19H2,1H3. The maximum absolute atomic E-state index is 13.5. The van der Waals surface area contributed by atoms with Crippen LogP contribution in [0, 0.1) is 0 Å². The molecular weight excluding hydrogens is 392 g/mol. The highest BCUT2D eigenvalue weighted by atomic mass is 16.5. The fourth-order valence-electron chi connectivity index (χ4n) is 4.67. The van der Waals surface area contributed by atoms with Gasteiger partial charge in [-0.05, 0) is 36.5 Å². The smallest absolute Gasteiger partial charge is 0.327 e. The van der Waals surface area contributed by atoms with Crippen LogP contribution in [0.5, 0.6) is 0 Å². The second-order valence-electron chi connectivity index (χ2n) is 8.29. The molecule has 2 aromatic rings. The first-order valence-corrected chi connectivity index (χ1v) is 10.9. The SMILES string of the molecule is COCCN1C(=O)N(CCc2ccccc2)C(=O)C12CCN(Cc1cccnc1)CC2. The number of piperidine rings is 1. The molecule has 2 fully saturated rings. The first kappa shape index (κ1) is 21.5. The number of rotatable bonds is 8. The number of hydrogen-bond donors (Lipinski definition) is 0. The number of nitrogens with zero attached hydrogens (tertiary/aromatic N) is 4. The molecule has 0 radical (unpaired) electrons. The number of likely N-dealkylation sites (tertiary alicyclic amines) is 1. The number of benzene rings is 1. The summed E-state index contributed by atoms with van der Waals surface area (Å²) < 4.78 is 5.24. The van der Waals surface area contributed by atoms with Gasteiger partial charge in [-0.2, -0.15) is 0 Å². The van der Waals surface area contributed by atoms with Crippen molar-refractivity contribution >= 4 is 11.9 Å². The first-order chi connectivity index (χ1) is 15.1. The van der Waals surface area contributed by atoms with E-state index in [1.54, 1.807) is 18.2 Å². The lowest BCUT2D eigenvalue weighted by atomic mass is 9.85. The molecule has 2 aliphatic heterocycles. The molecule has 0 aliphatic carbocycles. The lowest BCUT2D eigenvalue weighted by molar-refractivity contribution is -0.135. The van der Waals surface area contributed by atoms with Gasteiger partial charge in [-0.15, -0.1) is 0 Å². The van der Waals surface area contributed by atoms with E-state index in [2.05, 4.69) is 16.0 Å². The van der Waals surface area contributed by atoms with Gasteiger partial charge in [-0.3, -0.25) is 19.6 Å². The molecule has 1 spiro atoms. The predicted molar refractivity (Wildman–Crippen MR) is 117 cm³/mol. The Morgan fingerprint density at radius 1 is 1.00 bits per heavy atom. The van der Waals surface area contributed by atoms with Crippen LogP contribution in [-0.4, -0.2) is 77.1 Å². The van der Waals surface area contributed by atoms with Crippen molar-refractivity contribution in [1.82, 2.24) is 19.7 Å². The van der Waals surface area contributed by atoms with Crippen LogP contribution >= 0.6 is 0 Å². The number of ether oxygens (including phenoxy) is 1. The van der Waals surface area contributed by atoms with Gasteiger partial charge in [0.2, 0.25) is 0 Å². The molecule has 0 saturated carbocycles. The van der Waals surface area contributed by atoms with E-state index in [0.29, 0.717) is 39.0 Å². The maximum atomic E-state index is 13.5. The third-order valence-corrected chi connectivity index (χ3v) is 6.42. The van der Waals surface area contributed by atoms with Gasteiger partial charge < -0.3 is 9.64 Å². The molecule has 1 aromatic carbocycles. The number of aromatic nitrogens is 1. The first-order valence-electron chi connectivity index (χ1n) is 10.9. The lowest BCUT2D eigenvalue weighted by Gasteiger charge is -2.42. The number of amides is 3. The van der Waals surface area contributed by atoms with Crippen LogP contribution < -0.4 is 0 Å². The summed E-state index contributed by atoms with van der Waals surface area (Å²) >= 11 is 0. The Morgan fingerprint density at radius 3 is 2.42 bits per heavy atom. The Morgan fingerprint density at radius 2 is 1.74 bits per heavy atom. The molecule has 31 heavy (non-hydrogen) atoms. The van der Waals surface area contributed by atoms with Gasteiger partial charge in [-0.1, -0.05) is 36.4 Å². The number of methoxy groups -OCH3 is 1. The van der Waals surface area contributed by atoms with Gasteiger partial charge >= 0.3 is 6.03 Å². The second-order valence-corrected chi connectivity index (χ2v) is 8.29. The third kappa shape index (κ3) is 4.48. The second kappa shape index (κ2) is 9.58. The van der Waals surface area contributed by atoms with E-state index in [4.69, 9.17) is 4.74 Å². The molecule has 3 amide bonds. The number of pyridine rings is 1. The molecule has 3 heterocycles. The number of carbonyl (C=O) groups excluding carboxylic acids is 2. The van der Waals surface area contributed by atoms with E-state index in [0.717, 1.165) is 30.8 Å². The summed E-state index contributed by atoms with van der Waals surface area (Å²) in [5.41, 5.74) is 1.53. The van der Waals surface area contributed by atoms with Gasteiger partial charge in [0.25, 0.3) is 5.91 Å². The van der Waals surface area contributed by atoms with E-state index in [-0.39, 0.29) is 11.9 Å². The molecule has 7 nitrogen and oxygen atoms in total. The number of carbonyl (C=O) groups is 2. The van der Waals surface area contributed by atoms with Crippen LogP contribution in [0.4, 0.5) is 4.79 Å². The van der Waals surface area contributed by atoms with Gasteiger partial charge in [0.15, 0.2) is 0 Å². The highest BCUT2D eigenvalue weighted by Gasteiger charge is 2.57. The van der Waals surface area contributed by atoms with Crippen molar-refractivity contribution in [3.63, 3.8) is 0 Å². The van der Waals surface area contributed by atoms with Crippen molar-refractivity contribution in [2.75, 3.05) is 39.9 Å². The van der Waals surface area contributed by atoms with E-state index >= 15 is 0 Å². The zero-order valence-electron chi connectivity index (χ0n) is 18.1. The van der Waals surface area contributed by atoms with Crippen LogP contribution in [0.15, 0.2) is 54.9 Å². The van der Waals surface area contributed by atoms with Crippen molar-refractivity contribution in [2.24, 2.45) is 0 Å². The molecule has 1 aromatic heterocycles. The zero-order valence-corrected chi connectivity index (χ0v) is 18.1. The fraction of sp³-hybridized carbons (Fsp3) is 0.458. The minimum absolute atomic E-state index is 0.0504. The van der Waals surface area contributed by atoms with Crippen LogP contribution in [0.1, 0.15) is 24.0 Å².